The van der Waals surface area contributed by atoms with Crippen LogP contribution < -0.4 is 10.1 Å². The molecule has 0 unspecified atom stereocenters. The third kappa shape index (κ3) is 3.83. The van der Waals surface area contributed by atoms with Crippen LogP contribution in [0.5, 0.6) is 5.75 Å². The second-order valence-corrected chi connectivity index (χ2v) is 8.07. The number of aromatic nitrogens is 5. The number of carbonyl (C=O) groups excluding carboxylic acids is 1. The second kappa shape index (κ2) is 8.36. The van der Waals surface area contributed by atoms with Crippen LogP contribution in [0.2, 0.25) is 0 Å². The number of benzene rings is 2. The monoisotopic (exact) mass is 451 g/mol. The van der Waals surface area contributed by atoms with Crippen LogP contribution >= 0.6 is 0 Å². The molecule has 0 radical (unpaired) electrons. The Bertz CT molecular complexity index is 1520. The number of anilines is 2. The molecule has 0 atom stereocenters. The fourth-order valence-electron chi connectivity index (χ4n) is 4.10. The molecule has 0 spiro atoms. The van der Waals surface area contributed by atoms with Crippen LogP contribution in [-0.4, -0.2) is 49.2 Å². The normalized spacial score (nSPS) is 13.8. The van der Waals surface area contributed by atoms with Gasteiger partial charge in [-0.05, 0) is 48.4 Å². The highest BCUT2D eigenvalue weighted by molar-refractivity contribution is 5.93. The van der Waals surface area contributed by atoms with Gasteiger partial charge >= 0.3 is 6.09 Å². The van der Waals surface area contributed by atoms with Gasteiger partial charge in [-0.1, -0.05) is 24.3 Å². The molecule has 9 nitrogen and oxygen atoms in total. The molecule has 1 aliphatic rings. The number of H-pyrrole nitrogens is 2. The number of amides is 1. The van der Waals surface area contributed by atoms with Crippen molar-refractivity contribution in [2.24, 2.45) is 0 Å². The number of hydrogen-bond donors (Lipinski definition) is 3. The largest absolute Gasteiger partial charge is 0.415 e. The first kappa shape index (κ1) is 20.0. The van der Waals surface area contributed by atoms with E-state index in [0.717, 1.165) is 44.7 Å². The van der Waals surface area contributed by atoms with Crippen LogP contribution in [0.15, 0.2) is 73.2 Å². The number of nitrogens with zero attached hydrogens (tertiary/aromatic N) is 4. The van der Waals surface area contributed by atoms with E-state index >= 15 is 0 Å². The van der Waals surface area contributed by atoms with Gasteiger partial charge in [-0.3, -0.25) is 5.10 Å². The Labute approximate surface area is 194 Å². The number of hydrogen-bond acceptors (Lipinski definition) is 6. The summed E-state index contributed by atoms with van der Waals surface area (Å²) in [6, 6.07) is 17.1. The highest BCUT2D eigenvalue weighted by atomic mass is 16.6. The van der Waals surface area contributed by atoms with E-state index in [9.17, 15) is 4.79 Å². The predicted molar refractivity (Wildman–Crippen MR) is 130 cm³/mol. The van der Waals surface area contributed by atoms with E-state index in [1.807, 2.05) is 42.5 Å². The van der Waals surface area contributed by atoms with Gasteiger partial charge in [0.25, 0.3) is 0 Å². The molecule has 0 saturated heterocycles. The number of ether oxygens (including phenoxy) is 1. The molecular weight excluding hydrogens is 430 g/mol. The molecule has 0 bridgehead atoms. The Morgan fingerprint density at radius 1 is 1.09 bits per heavy atom. The average Bonchev–Trinajstić information content (AvgIpc) is 3.52. The minimum atomic E-state index is -0.343. The van der Waals surface area contributed by atoms with Crippen molar-refractivity contribution in [1.29, 1.82) is 0 Å². The highest BCUT2D eigenvalue weighted by Crippen LogP contribution is 2.30. The molecule has 168 valence electrons. The maximum atomic E-state index is 12.5. The molecule has 5 aromatic rings. The summed E-state index contributed by atoms with van der Waals surface area (Å²) in [7, 11) is 0. The molecule has 3 aromatic heterocycles. The van der Waals surface area contributed by atoms with Crippen molar-refractivity contribution < 1.29 is 9.53 Å². The average molecular weight is 451 g/mol. The zero-order chi connectivity index (χ0) is 22.9. The molecule has 1 amide bonds. The molecule has 34 heavy (non-hydrogen) atoms. The molecule has 6 rings (SSSR count). The van der Waals surface area contributed by atoms with Gasteiger partial charge in [0.05, 0.1) is 17.1 Å². The molecule has 0 aliphatic carbocycles. The number of fused-ring (bicyclic) bond motifs is 2. The van der Waals surface area contributed by atoms with Crippen molar-refractivity contribution >= 4 is 45.1 Å². The lowest BCUT2D eigenvalue weighted by molar-refractivity contribution is 0.157. The minimum absolute atomic E-state index is 0.343. The smallest absolute Gasteiger partial charge is 0.410 e. The van der Waals surface area contributed by atoms with E-state index in [1.54, 1.807) is 23.2 Å². The van der Waals surface area contributed by atoms with E-state index in [4.69, 9.17) is 4.74 Å². The van der Waals surface area contributed by atoms with Crippen molar-refractivity contribution in [1.82, 2.24) is 30.0 Å². The van der Waals surface area contributed by atoms with Gasteiger partial charge in [-0.15, -0.1) is 0 Å². The van der Waals surface area contributed by atoms with Crippen LogP contribution in [-0.2, 0) is 0 Å². The Morgan fingerprint density at radius 2 is 2.00 bits per heavy atom. The van der Waals surface area contributed by atoms with Gasteiger partial charge in [0.2, 0.25) is 0 Å². The van der Waals surface area contributed by atoms with Crippen molar-refractivity contribution in [3.63, 3.8) is 0 Å². The lowest BCUT2D eigenvalue weighted by atomic mass is 10.1. The summed E-state index contributed by atoms with van der Waals surface area (Å²) in [6.07, 6.45) is 5.75. The van der Waals surface area contributed by atoms with E-state index < -0.39 is 0 Å². The number of carbonyl (C=O) groups is 1. The molecule has 0 saturated carbocycles. The molecule has 2 aromatic carbocycles. The summed E-state index contributed by atoms with van der Waals surface area (Å²) in [5.41, 5.74) is 4.76. The standard InChI is InChI=1S/C25H21N7O2/c33-25(34-19-4-2-1-3-5-19)32-10-8-16(9-11-32)22-13-20-23(26-15-27-24(20)30-22)29-18-6-7-21-17(12-18)14-28-31-21/h1-8,12-15H,9-11H2,(H,28,31)(H2,26,27,29,30). The molecule has 3 N–H and O–H groups in total. The maximum absolute atomic E-state index is 12.5. The second-order valence-electron chi connectivity index (χ2n) is 8.07. The summed E-state index contributed by atoms with van der Waals surface area (Å²) >= 11 is 0. The number of aromatic amines is 2. The zero-order valence-electron chi connectivity index (χ0n) is 18.2. The first-order valence-corrected chi connectivity index (χ1v) is 11.0. The van der Waals surface area contributed by atoms with Gasteiger partial charge in [0.1, 0.15) is 23.5 Å². The van der Waals surface area contributed by atoms with Gasteiger partial charge < -0.3 is 19.9 Å². The van der Waals surface area contributed by atoms with Crippen LogP contribution in [0.4, 0.5) is 16.3 Å². The topological polar surface area (TPSA) is 112 Å². The summed E-state index contributed by atoms with van der Waals surface area (Å²) in [6.45, 7) is 1.06. The molecule has 9 heteroatoms. The van der Waals surface area contributed by atoms with E-state index in [-0.39, 0.29) is 6.09 Å². The molecule has 1 aliphatic heterocycles. The van der Waals surface area contributed by atoms with Gasteiger partial charge in [-0.2, -0.15) is 5.10 Å². The van der Waals surface area contributed by atoms with Crippen molar-refractivity contribution in [2.45, 2.75) is 6.42 Å². The highest BCUT2D eigenvalue weighted by Gasteiger charge is 2.21. The lowest BCUT2D eigenvalue weighted by Crippen LogP contribution is -2.36. The van der Waals surface area contributed by atoms with Crippen molar-refractivity contribution in [3.8, 4) is 5.75 Å². The first-order valence-electron chi connectivity index (χ1n) is 11.0. The van der Waals surface area contributed by atoms with E-state index in [1.165, 1.54) is 6.33 Å². The van der Waals surface area contributed by atoms with Crippen LogP contribution in [0.25, 0.3) is 27.5 Å². The quantitative estimate of drug-likeness (QED) is 0.360. The minimum Gasteiger partial charge on any atom is -0.410 e. The fraction of sp³-hybridized carbons (Fsp3) is 0.120. The number of nitrogens with one attached hydrogen (secondary N) is 3. The maximum Gasteiger partial charge on any atom is 0.415 e. The third-order valence-corrected chi connectivity index (χ3v) is 5.89. The van der Waals surface area contributed by atoms with Gasteiger partial charge in [0, 0.05) is 29.9 Å². The van der Waals surface area contributed by atoms with Crippen LogP contribution in [0, 0.1) is 0 Å². The van der Waals surface area contributed by atoms with Crippen molar-refractivity contribution in [3.05, 3.63) is 78.9 Å². The molecular formula is C25H21N7O2. The SMILES string of the molecule is O=C(Oc1ccccc1)N1CC=C(c2cc3c(Nc4ccc5[nH]ncc5c4)ncnc3[nH]2)CC1. The van der Waals surface area contributed by atoms with Gasteiger partial charge in [0.15, 0.2) is 0 Å². The number of rotatable bonds is 4. The zero-order valence-corrected chi connectivity index (χ0v) is 18.2. The van der Waals surface area contributed by atoms with Crippen molar-refractivity contribution in [2.75, 3.05) is 18.4 Å². The Hall–Kier alpha value is -4.66. The Morgan fingerprint density at radius 3 is 2.85 bits per heavy atom. The summed E-state index contributed by atoms with van der Waals surface area (Å²) < 4.78 is 5.45. The summed E-state index contributed by atoms with van der Waals surface area (Å²) in [5, 5.41) is 12.3. The molecule has 0 fully saturated rings. The third-order valence-electron chi connectivity index (χ3n) is 5.89. The summed E-state index contributed by atoms with van der Waals surface area (Å²) in [5.74, 6) is 1.27. The van der Waals surface area contributed by atoms with E-state index in [2.05, 4.69) is 36.5 Å². The van der Waals surface area contributed by atoms with E-state index in [0.29, 0.717) is 25.3 Å². The summed E-state index contributed by atoms with van der Waals surface area (Å²) in [4.78, 5) is 26.4. The first-order chi connectivity index (χ1) is 16.7. The Balaban J connectivity index is 1.20. The van der Waals surface area contributed by atoms with Crippen LogP contribution in [0.1, 0.15) is 12.1 Å². The molecule has 4 heterocycles. The van der Waals surface area contributed by atoms with Gasteiger partial charge in [-0.25, -0.2) is 14.8 Å². The predicted octanol–water partition coefficient (Wildman–Crippen LogP) is 4.87. The Kier molecular flexibility index (Phi) is 4.91. The number of para-hydroxylation sites is 1. The fourth-order valence-corrected chi connectivity index (χ4v) is 4.10. The van der Waals surface area contributed by atoms with Crippen LogP contribution in [0.3, 0.4) is 0 Å². The lowest BCUT2D eigenvalue weighted by Gasteiger charge is -2.25.